The molecular formula is C20H20B3N5O2. The van der Waals surface area contributed by atoms with Gasteiger partial charge < -0.3 is 5.32 Å². The Morgan fingerprint density at radius 3 is 2.53 bits per heavy atom. The van der Waals surface area contributed by atoms with E-state index in [4.69, 9.17) is 23.5 Å². The number of aromatic nitrogens is 4. The maximum Gasteiger partial charge on any atom is 0.278 e. The Kier molecular flexibility index (Phi) is 5.12. The van der Waals surface area contributed by atoms with E-state index < -0.39 is 5.11 Å². The minimum atomic E-state index is -1.41. The molecule has 1 atom stereocenters. The highest BCUT2D eigenvalue weighted by Gasteiger charge is 2.28. The van der Waals surface area contributed by atoms with E-state index in [1.54, 1.807) is 37.4 Å². The van der Waals surface area contributed by atoms with Crippen molar-refractivity contribution in [2.75, 3.05) is 0 Å². The summed E-state index contributed by atoms with van der Waals surface area (Å²) in [5, 5.41) is 10.6. The van der Waals surface area contributed by atoms with E-state index in [9.17, 15) is 9.59 Å². The molecule has 0 unspecified atom stereocenters. The van der Waals surface area contributed by atoms with Crippen molar-refractivity contribution in [1.29, 1.82) is 0 Å². The summed E-state index contributed by atoms with van der Waals surface area (Å²) in [5.41, 5.74) is 2.50. The summed E-state index contributed by atoms with van der Waals surface area (Å²) in [5.74, 6) is -0.321. The zero-order valence-corrected chi connectivity index (χ0v) is 17.0. The topological polar surface area (TPSA) is 81.8 Å². The molecule has 1 fully saturated rings. The molecule has 1 aliphatic rings. The van der Waals surface area contributed by atoms with E-state index >= 15 is 0 Å². The van der Waals surface area contributed by atoms with E-state index in [0.717, 1.165) is 23.9 Å². The molecule has 1 amide bonds. The largest absolute Gasteiger partial charge is 0.348 e. The Hall–Kier alpha value is -2.77. The van der Waals surface area contributed by atoms with Gasteiger partial charge in [0.1, 0.15) is 6.54 Å². The van der Waals surface area contributed by atoms with E-state index in [2.05, 4.69) is 15.5 Å². The second-order valence-corrected chi connectivity index (χ2v) is 7.97. The van der Waals surface area contributed by atoms with Crippen LogP contribution >= 0.6 is 0 Å². The van der Waals surface area contributed by atoms with Crippen LogP contribution in [0, 0.1) is 6.92 Å². The van der Waals surface area contributed by atoms with Gasteiger partial charge in [0.2, 0.25) is 5.91 Å². The molecule has 0 aliphatic heterocycles. The van der Waals surface area contributed by atoms with Gasteiger partial charge in [-0.15, -0.1) is 5.11 Å². The predicted molar refractivity (Wildman–Crippen MR) is 117 cm³/mol. The molecule has 0 bridgehead atoms. The van der Waals surface area contributed by atoms with Gasteiger partial charge in [0, 0.05) is 0 Å². The predicted octanol–water partition coefficient (Wildman–Crippen LogP) is 0.730. The molecule has 4 rings (SSSR count). The summed E-state index contributed by atoms with van der Waals surface area (Å²) in [6.07, 6.45) is 3.73. The minimum absolute atomic E-state index is 0.178. The van der Waals surface area contributed by atoms with Gasteiger partial charge in [-0.05, 0) is 32.3 Å². The van der Waals surface area contributed by atoms with E-state index in [1.165, 1.54) is 4.68 Å². The van der Waals surface area contributed by atoms with Crippen molar-refractivity contribution in [3.05, 3.63) is 57.6 Å². The molecule has 0 spiro atoms. The van der Waals surface area contributed by atoms with Crippen molar-refractivity contribution in [2.24, 2.45) is 0 Å². The first-order valence-corrected chi connectivity index (χ1v) is 9.86. The normalized spacial score (nSPS) is 15.3. The van der Waals surface area contributed by atoms with Crippen molar-refractivity contribution in [2.45, 2.75) is 50.4 Å². The quantitative estimate of drug-likeness (QED) is 0.625. The van der Waals surface area contributed by atoms with Gasteiger partial charge in [-0.2, -0.15) is 10.2 Å². The van der Waals surface area contributed by atoms with Gasteiger partial charge in [-0.25, -0.2) is 4.68 Å². The molecule has 10 heteroatoms. The fraction of sp³-hybridized carbons (Fsp3) is 0.400. The molecule has 2 heterocycles. The van der Waals surface area contributed by atoms with E-state index in [-0.39, 0.29) is 24.1 Å². The third-order valence-corrected chi connectivity index (χ3v) is 5.36. The summed E-state index contributed by atoms with van der Waals surface area (Å²) in [6, 6.07) is 7.10. The number of benzene rings is 1. The summed E-state index contributed by atoms with van der Waals surface area (Å²) in [7, 11) is 17.0. The van der Waals surface area contributed by atoms with Gasteiger partial charge in [-0.3, -0.25) is 14.3 Å². The molecule has 1 saturated carbocycles. The Labute approximate surface area is 178 Å². The number of aryl methyl sites for hydroxylation is 1. The van der Waals surface area contributed by atoms with Crippen LogP contribution in [-0.4, -0.2) is 49.0 Å². The Bertz CT molecular complexity index is 1160. The second-order valence-electron chi connectivity index (χ2n) is 7.97. The lowest BCUT2D eigenvalue weighted by atomic mass is 9.40. The van der Waals surface area contributed by atoms with Crippen molar-refractivity contribution in [3.63, 3.8) is 0 Å². The number of nitrogens with zero attached hydrogens (tertiary/aromatic N) is 4. The van der Waals surface area contributed by atoms with Crippen LogP contribution in [0.25, 0.3) is 10.9 Å². The lowest BCUT2D eigenvalue weighted by Crippen LogP contribution is -2.35. The van der Waals surface area contributed by atoms with Gasteiger partial charge >= 0.3 is 0 Å². The molecule has 0 saturated heterocycles. The molecule has 7 nitrogen and oxygen atoms in total. The number of rotatable bonds is 6. The Morgan fingerprint density at radius 2 is 1.93 bits per heavy atom. The molecule has 1 aliphatic carbocycles. The first kappa shape index (κ1) is 20.5. The second kappa shape index (κ2) is 7.49. The van der Waals surface area contributed by atoms with E-state index in [1.807, 2.05) is 11.6 Å². The third kappa shape index (κ3) is 3.95. The van der Waals surface area contributed by atoms with Crippen LogP contribution in [0.4, 0.5) is 0 Å². The summed E-state index contributed by atoms with van der Waals surface area (Å²) >= 11 is 0. The van der Waals surface area contributed by atoms with Crippen molar-refractivity contribution in [3.8, 4) is 0 Å². The SMILES string of the molecule is [B]C([B])([B])c1ccc([C@H](C)NC(=O)Cn2ncc3c(c(C)nn3C3CC3)c2=O)cc1. The van der Waals surface area contributed by atoms with Gasteiger partial charge in [0.05, 0.1) is 58.4 Å². The Balaban J connectivity index is 1.48. The molecule has 1 N–H and O–H groups in total. The number of carbonyl (C=O) groups excluding carboxylic acids is 1. The Morgan fingerprint density at radius 1 is 1.27 bits per heavy atom. The fourth-order valence-corrected chi connectivity index (χ4v) is 3.54. The number of amides is 1. The highest BCUT2D eigenvalue weighted by Crippen LogP contribution is 2.36. The van der Waals surface area contributed by atoms with Crippen LogP contribution in [0.5, 0.6) is 0 Å². The zero-order valence-electron chi connectivity index (χ0n) is 17.0. The number of nitrogens with one attached hydrogen (secondary N) is 1. The first-order valence-electron chi connectivity index (χ1n) is 9.86. The smallest absolute Gasteiger partial charge is 0.278 e. The van der Waals surface area contributed by atoms with Crippen LogP contribution in [0.15, 0.2) is 35.3 Å². The molecule has 30 heavy (non-hydrogen) atoms. The van der Waals surface area contributed by atoms with Crippen LogP contribution in [0.1, 0.15) is 48.7 Å². The fourth-order valence-electron chi connectivity index (χ4n) is 3.54. The number of hydrogen-bond donors (Lipinski definition) is 1. The standard InChI is InChI=1S/C20H20B3N5O2/c1-11(13-3-5-14(6-4-13)20(21,22)23)25-17(29)10-27-19(30)18-12(2)26-28(15-7-8-15)16(18)9-24-27/h3-6,9,11,15H,7-8,10H2,1-2H3,(H,25,29)/t11-/m0/s1. The van der Waals surface area contributed by atoms with Gasteiger partial charge in [0.15, 0.2) is 0 Å². The van der Waals surface area contributed by atoms with Crippen LogP contribution in [-0.2, 0) is 16.5 Å². The highest BCUT2D eigenvalue weighted by molar-refractivity contribution is 6.58. The molecule has 6 radical (unpaired) electrons. The third-order valence-electron chi connectivity index (χ3n) is 5.36. The molecule has 2 aromatic heterocycles. The van der Waals surface area contributed by atoms with Crippen molar-refractivity contribution >= 4 is 40.3 Å². The summed E-state index contributed by atoms with van der Waals surface area (Å²) in [4.78, 5) is 25.4. The highest BCUT2D eigenvalue weighted by atomic mass is 16.2. The lowest BCUT2D eigenvalue weighted by molar-refractivity contribution is -0.122. The minimum Gasteiger partial charge on any atom is -0.348 e. The average Bonchev–Trinajstić information content (AvgIpc) is 3.47. The zero-order chi connectivity index (χ0) is 21.6. The maximum absolute atomic E-state index is 12.9. The van der Waals surface area contributed by atoms with Crippen molar-refractivity contribution < 1.29 is 4.79 Å². The molecular weight excluding hydrogens is 375 g/mol. The maximum atomic E-state index is 12.9. The molecule has 3 aromatic rings. The summed E-state index contributed by atoms with van der Waals surface area (Å²) in [6.45, 7) is 3.47. The first-order chi connectivity index (χ1) is 14.1. The summed E-state index contributed by atoms with van der Waals surface area (Å²) < 4.78 is 3.04. The van der Waals surface area contributed by atoms with Gasteiger partial charge in [0.25, 0.3) is 5.56 Å². The van der Waals surface area contributed by atoms with Crippen LogP contribution < -0.4 is 10.9 Å². The van der Waals surface area contributed by atoms with Crippen molar-refractivity contribution in [1.82, 2.24) is 24.9 Å². The van der Waals surface area contributed by atoms with Crippen LogP contribution in [0.3, 0.4) is 0 Å². The lowest BCUT2D eigenvalue weighted by Gasteiger charge is -2.22. The van der Waals surface area contributed by atoms with E-state index in [0.29, 0.717) is 22.7 Å². The van der Waals surface area contributed by atoms with Crippen LogP contribution in [0.2, 0.25) is 0 Å². The molecule has 1 aromatic carbocycles. The number of hydrogen-bond acceptors (Lipinski definition) is 4. The number of carbonyl (C=O) groups is 1. The van der Waals surface area contributed by atoms with Gasteiger partial charge in [-0.1, -0.05) is 29.8 Å². The molecule has 146 valence electrons. The monoisotopic (exact) mass is 395 g/mol. The number of fused-ring (bicyclic) bond motifs is 1. The average molecular weight is 395 g/mol.